The van der Waals surface area contributed by atoms with Crippen molar-refractivity contribution in [1.82, 2.24) is 10.2 Å². The average Bonchev–Trinajstić information content (AvgIpc) is 3.59. The zero-order chi connectivity index (χ0) is 18.6. The lowest BCUT2D eigenvalue weighted by Crippen LogP contribution is -2.39. The molecule has 2 saturated carbocycles. The number of amides is 2. The van der Waals surface area contributed by atoms with Gasteiger partial charge in [-0.2, -0.15) is 0 Å². The van der Waals surface area contributed by atoms with Crippen LogP contribution < -0.4 is 5.32 Å². The smallest absolute Gasteiger partial charge is 0.225 e. The molecule has 4 heteroatoms. The molecule has 1 saturated heterocycles. The number of aryl methyl sites for hydroxylation is 1. The second kappa shape index (κ2) is 8.45. The fraction of sp³-hybridized carbons (Fsp3) is 0.652. The first kappa shape index (κ1) is 18.5. The fourth-order valence-electron chi connectivity index (χ4n) is 4.05. The SMILES string of the molecule is O=C(CCc1ccc(CC2CCN(C(=O)C3CC3)CC2)cc1)NCC1CC1. The van der Waals surface area contributed by atoms with Crippen molar-refractivity contribution < 1.29 is 9.59 Å². The molecule has 0 spiro atoms. The molecule has 0 aromatic heterocycles. The summed E-state index contributed by atoms with van der Waals surface area (Å²) in [5.74, 6) is 2.36. The second-order valence-electron chi connectivity index (χ2n) is 8.81. The molecule has 1 aliphatic heterocycles. The van der Waals surface area contributed by atoms with Crippen molar-refractivity contribution in [2.75, 3.05) is 19.6 Å². The third-order valence-corrected chi connectivity index (χ3v) is 6.33. The third-order valence-electron chi connectivity index (χ3n) is 6.33. The third kappa shape index (κ3) is 5.57. The molecule has 27 heavy (non-hydrogen) atoms. The maximum atomic E-state index is 12.1. The minimum Gasteiger partial charge on any atom is -0.356 e. The Morgan fingerprint density at radius 1 is 0.889 bits per heavy atom. The zero-order valence-corrected chi connectivity index (χ0v) is 16.3. The lowest BCUT2D eigenvalue weighted by atomic mass is 9.89. The average molecular weight is 369 g/mol. The topological polar surface area (TPSA) is 49.4 Å². The number of piperidine rings is 1. The van der Waals surface area contributed by atoms with E-state index in [1.807, 2.05) is 0 Å². The normalized spacial score (nSPS) is 20.5. The van der Waals surface area contributed by atoms with E-state index in [1.54, 1.807) is 0 Å². The predicted octanol–water partition coefficient (Wildman–Crippen LogP) is 3.34. The van der Waals surface area contributed by atoms with Crippen LogP contribution >= 0.6 is 0 Å². The van der Waals surface area contributed by atoms with Crippen LogP contribution in [0.15, 0.2) is 24.3 Å². The van der Waals surface area contributed by atoms with Crippen molar-refractivity contribution in [3.05, 3.63) is 35.4 Å². The van der Waals surface area contributed by atoms with Gasteiger partial charge in [0.05, 0.1) is 0 Å². The summed E-state index contributed by atoms with van der Waals surface area (Å²) in [5, 5.41) is 3.04. The van der Waals surface area contributed by atoms with Crippen molar-refractivity contribution in [2.45, 2.75) is 57.8 Å². The molecule has 0 bridgehead atoms. The van der Waals surface area contributed by atoms with Crippen LogP contribution in [0.25, 0.3) is 0 Å². The summed E-state index contributed by atoms with van der Waals surface area (Å²) in [6.07, 6.45) is 9.52. The second-order valence-corrected chi connectivity index (χ2v) is 8.81. The number of carbonyl (C=O) groups is 2. The van der Waals surface area contributed by atoms with Crippen molar-refractivity contribution in [2.24, 2.45) is 17.8 Å². The van der Waals surface area contributed by atoms with Crippen LogP contribution in [-0.4, -0.2) is 36.3 Å². The number of nitrogens with zero attached hydrogens (tertiary/aromatic N) is 1. The Labute approximate surface area is 162 Å². The Hall–Kier alpha value is -1.84. The summed E-state index contributed by atoms with van der Waals surface area (Å²) in [5.41, 5.74) is 2.62. The fourth-order valence-corrected chi connectivity index (χ4v) is 4.05. The van der Waals surface area contributed by atoms with Gasteiger partial charge in [-0.15, -0.1) is 0 Å². The zero-order valence-electron chi connectivity index (χ0n) is 16.3. The van der Waals surface area contributed by atoms with Gasteiger partial charge < -0.3 is 10.2 Å². The molecule has 2 aliphatic carbocycles. The highest BCUT2D eigenvalue weighted by Crippen LogP contribution is 2.33. The number of rotatable bonds is 8. The molecule has 1 heterocycles. The molecule has 1 aromatic rings. The molecule has 0 radical (unpaired) electrons. The number of hydrogen-bond acceptors (Lipinski definition) is 2. The van der Waals surface area contributed by atoms with Gasteiger partial charge in [0.15, 0.2) is 0 Å². The molecule has 4 nitrogen and oxygen atoms in total. The van der Waals surface area contributed by atoms with Crippen LogP contribution in [0.5, 0.6) is 0 Å². The minimum atomic E-state index is 0.179. The monoisotopic (exact) mass is 368 g/mol. The van der Waals surface area contributed by atoms with E-state index >= 15 is 0 Å². The summed E-state index contributed by atoms with van der Waals surface area (Å²) >= 11 is 0. The van der Waals surface area contributed by atoms with E-state index in [0.29, 0.717) is 24.2 Å². The molecule has 3 aliphatic rings. The molecular formula is C23H32N2O2. The van der Waals surface area contributed by atoms with E-state index < -0.39 is 0 Å². The molecule has 2 amide bonds. The number of carbonyl (C=O) groups excluding carboxylic acids is 2. The number of benzene rings is 1. The summed E-state index contributed by atoms with van der Waals surface area (Å²) in [4.78, 5) is 26.1. The van der Waals surface area contributed by atoms with Gasteiger partial charge in [0.1, 0.15) is 0 Å². The maximum absolute atomic E-state index is 12.1. The summed E-state index contributed by atoms with van der Waals surface area (Å²) in [7, 11) is 0. The predicted molar refractivity (Wildman–Crippen MR) is 106 cm³/mol. The molecule has 146 valence electrons. The Morgan fingerprint density at radius 3 is 2.19 bits per heavy atom. The standard InChI is InChI=1S/C23H32N2O2/c26-22(24-16-20-5-6-20)10-7-17-1-3-18(4-2-17)15-19-11-13-25(14-12-19)23(27)21-8-9-21/h1-4,19-21H,5-16H2,(H,24,26). The summed E-state index contributed by atoms with van der Waals surface area (Å²) in [6, 6.07) is 8.79. The van der Waals surface area contributed by atoms with Crippen LogP contribution in [0.3, 0.4) is 0 Å². The first-order valence-corrected chi connectivity index (χ1v) is 10.8. The highest BCUT2D eigenvalue weighted by atomic mass is 16.2. The first-order chi connectivity index (χ1) is 13.2. The van der Waals surface area contributed by atoms with Gasteiger partial charge in [0.2, 0.25) is 11.8 Å². The van der Waals surface area contributed by atoms with Gasteiger partial charge in [0.25, 0.3) is 0 Å². The number of likely N-dealkylation sites (tertiary alicyclic amines) is 1. The van der Waals surface area contributed by atoms with Crippen molar-refractivity contribution in [3.63, 3.8) is 0 Å². The highest BCUT2D eigenvalue weighted by molar-refractivity contribution is 5.81. The van der Waals surface area contributed by atoms with E-state index in [4.69, 9.17) is 0 Å². The van der Waals surface area contributed by atoms with Gasteiger partial charge in [-0.1, -0.05) is 24.3 Å². The van der Waals surface area contributed by atoms with E-state index in [2.05, 4.69) is 34.5 Å². The van der Waals surface area contributed by atoms with Gasteiger partial charge in [-0.25, -0.2) is 0 Å². The Bertz CT molecular complexity index is 653. The number of hydrogen-bond donors (Lipinski definition) is 1. The van der Waals surface area contributed by atoms with Crippen molar-refractivity contribution in [1.29, 1.82) is 0 Å². The van der Waals surface area contributed by atoms with E-state index in [1.165, 1.54) is 24.0 Å². The van der Waals surface area contributed by atoms with Gasteiger partial charge in [0, 0.05) is 32.0 Å². The molecule has 0 unspecified atom stereocenters. The summed E-state index contributed by atoms with van der Waals surface area (Å²) < 4.78 is 0. The van der Waals surface area contributed by atoms with E-state index in [0.717, 1.165) is 64.1 Å². The molecular weight excluding hydrogens is 336 g/mol. The first-order valence-electron chi connectivity index (χ1n) is 10.8. The van der Waals surface area contributed by atoms with Crippen LogP contribution in [0.1, 0.15) is 56.1 Å². The van der Waals surface area contributed by atoms with E-state index in [9.17, 15) is 9.59 Å². The molecule has 3 fully saturated rings. The van der Waals surface area contributed by atoms with E-state index in [-0.39, 0.29) is 5.91 Å². The lowest BCUT2D eigenvalue weighted by molar-refractivity contribution is -0.134. The quantitative estimate of drug-likeness (QED) is 0.765. The summed E-state index contributed by atoms with van der Waals surface area (Å²) in [6.45, 7) is 2.74. The molecule has 0 atom stereocenters. The van der Waals surface area contributed by atoms with Crippen LogP contribution in [0, 0.1) is 17.8 Å². The van der Waals surface area contributed by atoms with Gasteiger partial charge in [-0.05, 0) is 74.3 Å². The van der Waals surface area contributed by atoms with Gasteiger partial charge in [-0.3, -0.25) is 9.59 Å². The minimum absolute atomic E-state index is 0.179. The Morgan fingerprint density at radius 2 is 1.56 bits per heavy atom. The lowest BCUT2D eigenvalue weighted by Gasteiger charge is -2.32. The van der Waals surface area contributed by atoms with Crippen LogP contribution in [-0.2, 0) is 22.4 Å². The Kier molecular flexibility index (Phi) is 5.80. The molecule has 4 rings (SSSR count). The van der Waals surface area contributed by atoms with Crippen molar-refractivity contribution in [3.8, 4) is 0 Å². The Balaban J connectivity index is 1.16. The maximum Gasteiger partial charge on any atom is 0.225 e. The molecule has 1 N–H and O–H groups in total. The highest BCUT2D eigenvalue weighted by Gasteiger charge is 2.34. The van der Waals surface area contributed by atoms with Crippen molar-refractivity contribution >= 4 is 11.8 Å². The molecule has 1 aromatic carbocycles. The largest absolute Gasteiger partial charge is 0.356 e. The van der Waals surface area contributed by atoms with Crippen LogP contribution in [0.2, 0.25) is 0 Å². The number of nitrogens with one attached hydrogen (secondary N) is 1. The van der Waals surface area contributed by atoms with Crippen LogP contribution in [0.4, 0.5) is 0 Å². The van der Waals surface area contributed by atoms with Gasteiger partial charge >= 0.3 is 0 Å².